The van der Waals surface area contributed by atoms with Crippen LogP contribution in [0, 0.1) is 5.92 Å². The molecule has 10 heteroatoms. The van der Waals surface area contributed by atoms with Gasteiger partial charge in [0.25, 0.3) is 0 Å². The summed E-state index contributed by atoms with van der Waals surface area (Å²) in [4.78, 5) is 28.3. The Hall–Kier alpha value is -2.03. The number of hydrogen-bond acceptors (Lipinski definition) is 4. The van der Waals surface area contributed by atoms with E-state index in [9.17, 15) is 22.8 Å². The van der Waals surface area contributed by atoms with Crippen molar-refractivity contribution in [2.45, 2.75) is 32.0 Å². The first-order valence-electron chi connectivity index (χ1n) is 7.60. The Labute approximate surface area is 147 Å². The normalized spacial score (nSPS) is 17.2. The maximum Gasteiger partial charge on any atom is 0.417 e. The Morgan fingerprint density at radius 1 is 1.40 bits per heavy atom. The van der Waals surface area contributed by atoms with Gasteiger partial charge in [-0.15, -0.1) is 0 Å². The number of piperidine rings is 1. The Morgan fingerprint density at radius 3 is 2.48 bits per heavy atom. The second kappa shape index (κ2) is 7.47. The summed E-state index contributed by atoms with van der Waals surface area (Å²) in [6.07, 6.45) is -2.93. The molecular formula is C15H17ClF3N3O3. The molecule has 0 aromatic carbocycles. The number of alkyl halides is 3. The zero-order chi connectivity index (χ0) is 18.8. The maximum atomic E-state index is 12.6. The van der Waals surface area contributed by atoms with Crippen LogP contribution >= 0.6 is 11.6 Å². The largest absolute Gasteiger partial charge is 0.480 e. The van der Waals surface area contributed by atoms with Gasteiger partial charge >= 0.3 is 12.1 Å². The molecule has 2 heterocycles. The van der Waals surface area contributed by atoms with E-state index in [1.54, 1.807) is 4.90 Å². The van der Waals surface area contributed by atoms with Gasteiger partial charge in [0.05, 0.1) is 10.6 Å². The number of rotatable bonds is 4. The second-order valence-corrected chi connectivity index (χ2v) is 6.26. The summed E-state index contributed by atoms with van der Waals surface area (Å²) in [5.41, 5.74) is -0.918. The molecule has 1 aliphatic heterocycles. The van der Waals surface area contributed by atoms with Gasteiger partial charge in [-0.05, 0) is 25.8 Å². The van der Waals surface area contributed by atoms with Crippen LogP contribution in [0.15, 0.2) is 12.3 Å². The number of halogens is 4. The van der Waals surface area contributed by atoms with Gasteiger partial charge in [-0.3, -0.25) is 9.59 Å². The molecule has 1 aromatic rings. The summed E-state index contributed by atoms with van der Waals surface area (Å²) in [6.45, 7) is 2.15. The molecule has 1 aliphatic rings. The summed E-state index contributed by atoms with van der Waals surface area (Å²) < 4.78 is 37.9. The van der Waals surface area contributed by atoms with E-state index in [0.717, 1.165) is 12.3 Å². The van der Waals surface area contributed by atoms with Crippen LogP contribution in [-0.4, -0.2) is 41.1 Å². The van der Waals surface area contributed by atoms with Crippen LogP contribution in [-0.2, 0) is 15.8 Å². The van der Waals surface area contributed by atoms with Crippen molar-refractivity contribution in [2.75, 3.05) is 18.0 Å². The molecule has 0 aliphatic carbocycles. The number of nitrogens with one attached hydrogen (secondary N) is 1. The number of carboxylic acid groups (broad SMARTS) is 1. The van der Waals surface area contributed by atoms with E-state index in [4.69, 9.17) is 16.7 Å². The fourth-order valence-electron chi connectivity index (χ4n) is 2.56. The number of aliphatic carboxylic acids is 1. The number of carboxylic acids is 1. The van der Waals surface area contributed by atoms with Crippen molar-refractivity contribution in [1.29, 1.82) is 0 Å². The lowest BCUT2D eigenvalue weighted by molar-refractivity contribution is -0.142. The van der Waals surface area contributed by atoms with E-state index in [1.165, 1.54) is 6.92 Å². The molecule has 1 fully saturated rings. The number of carbonyl (C=O) groups is 2. The molecule has 1 amide bonds. The standard InChI is InChI=1S/C15H17ClF3N3O3/c1-8(14(24)25)21-13(23)9-2-4-22(5-3-9)12-11(16)6-10(7-20-12)15(17,18)19/h6-9H,2-5H2,1H3,(H,21,23)(H,24,25)/t8-/m0/s1. The summed E-state index contributed by atoms with van der Waals surface area (Å²) in [5, 5.41) is 11.1. The van der Waals surface area contributed by atoms with Crippen LogP contribution in [0.3, 0.4) is 0 Å². The highest BCUT2D eigenvalue weighted by Crippen LogP contribution is 2.34. The quantitative estimate of drug-likeness (QED) is 0.840. The summed E-state index contributed by atoms with van der Waals surface area (Å²) >= 11 is 5.92. The van der Waals surface area contributed by atoms with Crippen LogP contribution in [0.1, 0.15) is 25.3 Å². The first-order chi connectivity index (χ1) is 11.6. The first-order valence-corrected chi connectivity index (χ1v) is 7.98. The molecule has 0 saturated carbocycles. The molecule has 6 nitrogen and oxygen atoms in total. The van der Waals surface area contributed by atoms with Crippen molar-refractivity contribution in [1.82, 2.24) is 10.3 Å². The van der Waals surface area contributed by atoms with Gasteiger partial charge in [0.15, 0.2) is 0 Å². The third kappa shape index (κ3) is 4.75. The molecule has 2 rings (SSSR count). The molecule has 1 atom stereocenters. The summed E-state index contributed by atoms with van der Waals surface area (Å²) in [5.74, 6) is -1.58. The van der Waals surface area contributed by atoms with Gasteiger partial charge in [-0.25, -0.2) is 4.98 Å². The molecule has 1 saturated heterocycles. The maximum absolute atomic E-state index is 12.6. The molecule has 0 radical (unpaired) electrons. The van der Waals surface area contributed by atoms with Gasteiger partial charge in [0.1, 0.15) is 11.9 Å². The van der Waals surface area contributed by atoms with E-state index >= 15 is 0 Å². The Bertz CT molecular complexity index is 661. The van der Waals surface area contributed by atoms with Crippen molar-refractivity contribution in [3.8, 4) is 0 Å². The lowest BCUT2D eigenvalue weighted by atomic mass is 9.95. The van der Waals surface area contributed by atoms with Crippen LogP contribution in [0.25, 0.3) is 0 Å². The lowest BCUT2D eigenvalue weighted by Gasteiger charge is -2.33. The minimum absolute atomic E-state index is 0.0998. The molecule has 0 bridgehead atoms. The average molecular weight is 380 g/mol. The van der Waals surface area contributed by atoms with E-state index in [1.807, 2.05) is 0 Å². The van der Waals surface area contributed by atoms with E-state index in [-0.39, 0.29) is 22.7 Å². The van der Waals surface area contributed by atoms with Gasteiger partial charge in [-0.2, -0.15) is 13.2 Å². The van der Waals surface area contributed by atoms with E-state index in [2.05, 4.69) is 10.3 Å². The van der Waals surface area contributed by atoms with E-state index < -0.39 is 23.8 Å². The number of anilines is 1. The third-order valence-corrected chi connectivity index (χ3v) is 4.32. The highest BCUT2D eigenvalue weighted by molar-refractivity contribution is 6.33. The molecule has 25 heavy (non-hydrogen) atoms. The van der Waals surface area contributed by atoms with Gasteiger partial charge in [0.2, 0.25) is 5.91 Å². The fraction of sp³-hybridized carbons (Fsp3) is 0.533. The minimum atomic E-state index is -4.51. The van der Waals surface area contributed by atoms with Crippen LogP contribution in [0.4, 0.5) is 19.0 Å². The number of hydrogen-bond donors (Lipinski definition) is 2. The molecular weight excluding hydrogens is 363 g/mol. The predicted molar refractivity (Wildman–Crippen MR) is 84.4 cm³/mol. The van der Waals surface area contributed by atoms with Gasteiger partial charge < -0.3 is 15.3 Å². The number of nitrogens with zero attached hydrogens (tertiary/aromatic N) is 2. The molecule has 0 unspecified atom stereocenters. The zero-order valence-corrected chi connectivity index (χ0v) is 14.1. The molecule has 1 aromatic heterocycles. The van der Waals surface area contributed by atoms with Crippen molar-refractivity contribution in [3.05, 3.63) is 22.8 Å². The summed E-state index contributed by atoms with van der Waals surface area (Å²) in [7, 11) is 0. The number of amides is 1. The van der Waals surface area contributed by atoms with Crippen molar-refractivity contribution < 1.29 is 27.9 Å². The monoisotopic (exact) mass is 379 g/mol. The summed E-state index contributed by atoms with van der Waals surface area (Å²) in [6, 6.07) is -0.145. The SMILES string of the molecule is C[C@H](NC(=O)C1CCN(c2ncc(C(F)(F)F)cc2Cl)CC1)C(=O)O. The highest BCUT2D eigenvalue weighted by Gasteiger charge is 2.33. The molecule has 0 spiro atoms. The van der Waals surface area contributed by atoms with Crippen molar-refractivity contribution >= 4 is 29.3 Å². The first kappa shape index (κ1) is 19.3. The molecule has 2 N–H and O–H groups in total. The highest BCUT2D eigenvalue weighted by atomic mass is 35.5. The third-order valence-electron chi connectivity index (χ3n) is 4.04. The Kier molecular flexibility index (Phi) is 5.76. The molecule has 138 valence electrons. The Balaban J connectivity index is 1.98. The van der Waals surface area contributed by atoms with Crippen molar-refractivity contribution in [2.24, 2.45) is 5.92 Å². The predicted octanol–water partition coefficient (Wildman–Crippen LogP) is 2.56. The van der Waals surface area contributed by atoms with Gasteiger partial charge in [-0.1, -0.05) is 11.6 Å². The fourth-order valence-corrected chi connectivity index (χ4v) is 2.85. The Morgan fingerprint density at radius 2 is 2.00 bits per heavy atom. The second-order valence-electron chi connectivity index (χ2n) is 5.86. The van der Waals surface area contributed by atoms with Gasteiger partial charge in [0, 0.05) is 25.2 Å². The number of carbonyl (C=O) groups excluding carboxylic acids is 1. The van der Waals surface area contributed by atoms with Crippen molar-refractivity contribution in [3.63, 3.8) is 0 Å². The lowest BCUT2D eigenvalue weighted by Crippen LogP contribution is -2.45. The van der Waals surface area contributed by atoms with Crippen LogP contribution < -0.4 is 10.2 Å². The smallest absolute Gasteiger partial charge is 0.417 e. The van der Waals surface area contributed by atoms with Crippen LogP contribution in [0.2, 0.25) is 5.02 Å². The minimum Gasteiger partial charge on any atom is -0.480 e. The van der Waals surface area contributed by atoms with E-state index in [0.29, 0.717) is 25.9 Å². The number of pyridine rings is 1. The number of aromatic nitrogens is 1. The average Bonchev–Trinajstić information content (AvgIpc) is 2.54. The van der Waals surface area contributed by atoms with Crippen LogP contribution in [0.5, 0.6) is 0 Å². The topological polar surface area (TPSA) is 82.5 Å². The zero-order valence-electron chi connectivity index (χ0n) is 13.3.